The highest BCUT2D eigenvalue weighted by Crippen LogP contribution is 2.37. The fraction of sp³-hybridized carbons (Fsp3) is 0.200. The molecule has 0 aromatic heterocycles. The number of hydrogen-bond acceptors (Lipinski definition) is 4. The van der Waals surface area contributed by atoms with E-state index in [2.05, 4.69) is 0 Å². The first-order valence-corrected chi connectivity index (χ1v) is 10.3. The second-order valence-corrected chi connectivity index (χ2v) is 8.50. The molecule has 0 unspecified atom stereocenters. The van der Waals surface area contributed by atoms with Crippen LogP contribution in [0, 0.1) is 6.92 Å². The van der Waals surface area contributed by atoms with Crippen LogP contribution < -0.4 is 4.74 Å². The van der Waals surface area contributed by atoms with Gasteiger partial charge in [0.25, 0.3) is 5.91 Å². The van der Waals surface area contributed by atoms with Crippen LogP contribution in [0.1, 0.15) is 23.6 Å². The molecule has 0 saturated carbocycles. The van der Waals surface area contributed by atoms with Crippen LogP contribution in [0.25, 0.3) is 6.08 Å². The van der Waals surface area contributed by atoms with Crippen molar-refractivity contribution in [3.8, 4) is 5.75 Å². The molecule has 1 saturated heterocycles. The lowest BCUT2D eigenvalue weighted by Crippen LogP contribution is -2.27. The molecule has 0 N–H and O–H groups in total. The molecule has 140 valence electrons. The first kappa shape index (κ1) is 20.2. The highest BCUT2D eigenvalue weighted by atomic mass is 35.5. The van der Waals surface area contributed by atoms with Gasteiger partial charge < -0.3 is 4.74 Å². The Morgan fingerprint density at radius 1 is 1.19 bits per heavy atom. The maximum absolute atomic E-state index is 12.3. The van der Waals surface area contributed by atoms with Crippen LogP contribution in [0.4, 0.5) is 0 Å². The smallest absolute Gasteiger partial charge is 0.266 e. The Balaban J connectivity index is 1.79. The van der Waals surface area contributed by atoms with Crippen LogP contribution >= 0.6 is 47.2 Å². The summed E-state index contributed by atoms with van der Waals surface area (Å²) in [6.07, 6.45) is 1.75. The van der Waals surface area contributed by atoms with Crippen molar-refractivity contribution in [2.45, 2.75) is 20.5 Å². The molecule has 1 heterocycles. The summed E-state index contributed by atoms with van der Waals surface area (Å²) in [5.41, 5.74) is 2.94. The van der Waals surface area contributed by atoms with E-state index >= 15 is 0 Å². The van der Waals surface area contributed by atoms with Gasteiger partial charge in [0.15, 0.2) is 5.75 Å². The van der Waals surface area contributed by atoms with E-state index in [4.69, 9.17) is 40.2 Å². The lowest BCUT2D eigenvalue weighted by atomic mass is 10.1. The van der Waals surface area contributed by atoms with Crippen molar-refractivity contribution < 1.29 is 9.53 Å². The average molecular weight is 438 g/mol. The summed E-state index contributed by atoms with van der Waals surface area (Å²) < 4.78 is 6.36. The van der Waals surface area contributed by atoms with Gasteiger partial charge in [0, 0.05) is 6.54 Å². The van der Waals surface area contributed by atoms with Crippen molar-refractivity contribution in [1.82, 2.24) is 4.90 Å². The first-order chi connectivity index (χ1) is 12.9. The number of carbonyl (C=O) groups excluding carboxylic acids is 1. The van der Waals surface area contributed by atoms with Crippen LogP contribution in [0.3, 0.4) is 0 Å². The Labute approximate surface area is 178 Å². The van der Waals surface area contributed by atoms with E-state index in [1.807, 2.05) is 38.1 Å². The minimum atomic E-state index is -0.0977. The van der Waals surface area contributed by atoms with Gasteiger partial charge in [0.1, 0.15) is 10.9 Å². The fourth-order valence-corrected chi connectivity index (χ4v) is 4.56. The zero-order valence-electron chi connectivity index (χ0n) is 14.8. The normalized spacial score (nSPS) is 15.7. The van der Waals surface area contributed by atoms with E-state index in [0.29, 0.717) is 38.2 Å². The second-order valence-electron chi connectivity index (χ2n) is 6.01. The van der Waals surface area contributed by atoms with Crippen LogP contribution in [0.15, 0.2) is 41.3 Å². The van der Waals surface area contributed by atoms with Crippen LogP contribution in [0.5, 0.6) is 5.75 Å². The Morgan fingerprint density at radius 2 is 1.81 bits per heavy atom. The number of likely N-dealkylation sites (N-methyl/N-ethyl adjacent to an activating group) is 1. The molecule has 0 atom stereocenters. The molecule has 7 heteroatoms. The van der Waals surface area contributed by atoms with Gasteiger partial charge in [0.2, 0.25) is 0 Å². The minimum Gasteiger partial charge on any atom is -0.486 e. The van der Waals surface area contributed by atoms with Gasteiger partial charge in [-0.05, 0) is 43.2 Å². The molecule has 3 nitrogen and oxygen atoms in total. The molecule has 1 amide bonds. The number of benzene rings is 2. The zero-order chi connectivity index (χ0) is 19.6. The highest BCUT2D eigenvalue weighted by molar-refractivity contribution is 8.26. The van der Waals surface area contributed by atoms with E-state index in [0.717, 1.165) is 11.1 Å². The number of halogens is 2. The number of thioether (sulfide) groups is 1. The molecule has 1 fully saturated rings. The molecule has 0 aliphatic carbocycles. The summed E-state index contributed by atoms with van der Waals surface area (Å²) in [5.74, 6) is 0.330. The average Bonchev–Trinajstić information content (AvgIpc) is 2.88. The van der Waals surface area contributed by atoms with Gasteiger partial charge in [-0.2, -0.15) is 0 Å². The summed E-state index contributed by atoms with van der Waals surface area (Å²) in [6.45, 7) is 4.84. The quantitative estimate of drug-likeness (QED) is 0.417. The van der Waals surface area contributed by atoms with Crippen LogP contribution in [0.2, 0.25) is 10.0 Å². The Hall–Kier alpha value is -1.53. The summed E-state index contributed by atoms with van der Waals surface area (Å²) >= 11 is 19.2. The molecule has 2 aromatic carbocycles. The van der Waals surface area contributed by atoms with Gasteiger partial charge in [0.05, 0.1) is 15.0 Å². The molecular weight excluding hydrogens is 421 g/mol. The Bertz CT molecular complexity index is 903. The molecular formula is C20H17Cl2NO2S2. The number of amides is 1. The molecule has 1 aliphatic heterocycles. The third-order valence-corrected chi connectivity index (χ3v) is 5.95. The molecule has 27 heavy (non-hydrogen) atoms. The molecule has 1 aliphatic rings. The predicted octanol–water partition coefficient (Wildman–Crippen LogP) is 6.10. The van der Waals surface area contributed by atoms with Crippen LogP contribution in [-0.2, 0) is 11.4 Å². The van der Waals surface area contributed by atoms with E-state index in [-0.39, 0.29) is 5.91 Å². The largest absolute Gasteiger partial charge is 0.486 e. The standard InChI is InChI=1S/C20H17Cl2NO2S2/c1-3-23-19(24)17(27-20(23)26)10-14-8-15(21)18(16(22)9-14)25-11-13-6-4-12(2)5-7-13/h4-10H,3,11H2,1-2H3/b17-10-. The van der Waals surface area contributed by atoms with Gasteiger partial charge in [-0.25, -0.2) is 0 Å². The lowest BCUT2D eigenvalue weighted by molar-refractivity contribution is -0.121. The number of ether oxygens (including phenoxy) is 1. The Kier molecular flexibility index (Phi) is 6.48. The van der Waals surface area contributed by atoms with Crippen molar-refractivity contribution >= 4 is 63.5 Å². The van der Waals surface area contributed by atoms with E-state index in [1.165, 1.54) is 17.3 Å². The third-order valence-electron chi connectivity index (χ3n) is 4.01. The zero-order valence-corrected chi connectivity index (χ0v) is 17.9. The highest BCUT2D eigenvalue weighted by Gasteiger charge is 2.30. The number of hydrogen-bond donors (Lipinski definition) is 0. The topological polar surface area (TPSA) is 29.5 Å². The number of thiocarbonyl (C=S) groups is 1. The van der Waals surface area contributed by atoms with E-state index in [9.17, 15) is 4.79 Å². The third kappa shape index (κ3) is 4.66. The van der Waals surface area contributed by atoms with E-state index in [1.54, 1.807) is 23.1 Å². The van der Waals surface area contributed by atoms with Crippen molar-refractivity contribution in [1.29, 1.82) is 0 Å². The second kappa shape index (κ2) is 8.65. The maximum Gasteiger partial charge on any atom is 0.266 e. The Morgan fingerprint density at radius 3 is 2.37 bits per heavy atom. The molecule has 3 rings (SSSR count). The van der Waals surface area contributed by atoms with Crippen molar-refractivity contribution in [3.05, 3.63) is 68.0 Å². The predicted molar refractivity (Wildman–Crippen MR) is 118 cm³/mol. The molecule has 0 spiro atoms. The van der Waals surface area contributed by atoms with Crippen molar-refractivity contribution in [2.24, 2.45) is 0 Å². The van der Waals surface area contributed by atoms with E-state index < -0.39 is 0 Å². The minimum absolute atomic E-state index is 0.0977. The SMILES string of the molecule is CCN1C(=O)/C(=C/c2cc(Cl)c(OCc3ccc(C)cc3)c(Cl)c2)SC1=S. The summed E-state index contributed by atoms with van der Waals surface area (Å²) in [5, 5.41) is 0.790. The summed E-state index contributed by atoms with van der Waals surface area (Å²) in [6, 6.07) is 11.5. The van der Waals surface area contributed by atoms with Gasteiger partial charge >= 0.3 is 0 Å². The lowest BCUT2D eigenvalue weighted by Gasteiger charge is -2.11. The molecule has 0 radical (unpaired) electrons. The van der Waals surface area contributed by atoms with Gasteiger partial charge in [-0.3, -0.25) is 9.69 Å². The van der Waals surface area contributed by atoms with Crippen molar-refractivity contribution in [3.63, 3.8) is 0 Å². The molecule has 2 aromatic rings. The summed E-state index contributed by atoms with van der Waals surface area (Å²) in [4.78, 5) is 14.5. The number of carbonyl (C=O) groups is 1. The monoisotopic (exact) mass is 437 g/mol. The summed E-state index contributed by atoms with van der Waals surface area (Å²) in [7, 11) is 0. The number of nitrogens with zero attached hydrogens (tertiary/aromatic N) is 1. The van der Waals surface area contributed by atoms with Crippen LogP contribution in [-0.4, -0.2) is 21.7 Å². The van der Waals surface area contributed by atoms with Gasteiger partial charge in [-0.1, -0.05) is 77.0 Å². The number of aryl methyl sites for hydroxylation is 1. The van der Waals surface area contributed by atoms with Gasteiger partial charge in [-0.15, -0.1) is 0 Å². The number of rotatable bonds is 5. The molecule has 0 bridgehead atoms. The van der Waals surface area contributed by atoms with Crippen molar-refractivity contribution in [2.75, 3.05) is 6.54 Å². The maximum atomic E-state index is 12.3. The fourth-order valence-electron chi connectivity index (χ4n) is 2.56. The first-order valence-electron chi connectivity index (χ1n) is 8.31.